The monoisotopic (exact) mass is 436 g/mol. The van der Waals surface area contributed by atoms with Crippen LogP contribution >= 0.6 is 12.4 Å². The molecule has 5 nitrogen and oxygen atoms in total. The fourth-order valence-electron chi connectivity index (χ4n) is 4.17. The maximum atomic E-state index is 9.62. The number of nitrogens with zero attached hydrogens (tertiary/aromatic N) is 4. The summed E-state index contributed by atoms with van der Waals surface area (Å²) in [7, 11) is 0. The van der Waals surface area contributed by atoms with Crippen LogP contribution in [0.2, 0.25) is 0 Å². The van der Waals surface area contributed by atoms with Gasteiger partial charge in [-0.25, -0.2) is 4.98 Å². The van der Waals surface area contributed by atoms with E-state index in [4.69, 9.17) is 10.1 Å². The molecule has 0 radical (unpaired) electrons. The van der Waals surface area contributed by atoms with Crippen LogP contribution < -0.4 is 4.90 Å². The van der Waals surface area contributed by atoms with E-state index in [2.05, 4.69) is 53.1 Å². The molecule has 1 N–H and O–H groups in total. The molecule has 0 amide bonds. The Morgan fingerprint density at radius 2 is 1.84 bits per heavy atom. The predicted octanol–water partition coefficient (Wildman–Crippen LogP) is 4.26. The van der Waals surface area contributed by atoms with Crippen LogP contribution in [0.25, 0.3) is 22.0 Å². The lowest BCUT2D eigenvalue weighted by molar-refractivity contribution is 0.271. The van der Waals surface area contributed by atoms with Gasteiger partial charge in [0, 0.05) is 43.7 Å². The molecule has 1 fully saturated rings. The van der Waals surface area contributed by atoms with Gasteiger partial charge in [0.2, 0.25) is 0 Å². The molecule has 1 aliphatic rings. The van der Waals surface area contributed by atoms with E-state index < -0.39 is 0 Å². The van der Waals surface area contributed by atoms with E-state index in [1.54, 1.807) is 0 Å². The Hall–Kier alpha value is -2.65. The second kappa shape index (κ2) is 10.6. The van der Waals surface area contributed by atoms with Gasteiger partial charge in [-0.1, -0.05) is 43.3 Å². The smallest absolute Gasteiger partial charge is 0.137 e. The van der Waals surface area contributed by atoms with Crippen LogP contribution in [0.1, 0.15) is 24.5 Å². The second-order valence-electron chi connectivity index (χ2n) is 7.78. The van der Waals surface area contributed by atoms with Gasteiger partial charge in [0.05, 0.1) is 17.3 Å². The van der Waals surface area contributed by atoms with Crippen molar-refractivity contribution in [1.29, 1.82) is 5.26 Å². The number of aryl methyl sites for hydroxylation is 1. The number of piperazine rings is 1. The minimum absolute atomic E-state index is 0. The van der Waals surface area contributed by atoms with E-state index in [1.807, 2.05) is 18.2 Å². The van der Waals surface area contributed by atoms with Gasteiger partial charge in [0.15, 0.2) is 0 Å². The van der Waals surface area contributed by atoms with Gasteiger partial charge < -0.3 is 14.9 Å². The number of rotatable bonds is 6. The van der Waals surface area contributed by atoms with Gasteiger partial charge in [0.25, 0.3) is 0 Å². The molecule has 162 valence electrons. The van der Waals surface area contributed by atoms with Crippen molar-refractivity contribution in [3.05, 3.63) is 59.7 Å². The summed E-state index contributed by atoms with van der Waals surface area (Å²) in [5, 5.41) is 21.1. The molecule has 0 bridgehead atoms. The van der Waals surface area contributed by atoms with Crippen LogP contribution in [0.4, 0.5) is 5.82 Å². The van der Waals surface area contributed by atoms with E-state index in [9.17, 15) is 5.26 Å². The van der Waals surface area contributed by atoms with Crippen molar-refractivity contribution in [3.8, 4) is 17.3 Å². The standard InChI is InChI=1S/C25H28N4O.ClH/c1-2-28-11-13-29(14-12-28)25-23-8-4-3-6-20(23)17-24(27-25)21-10-9-19(7-5-15-30)22(16-21)18-26;/h3-4,6,8-10,16-17,30H,2,5,7,11-15H2,1H3;1H. The van der Waals surface area contributed by atoms with Gasteiger partial charge in [-0.3, -0.25) is 0 Å². The quantitative estimate of drug-likeness (QED) is 0.625. The molecular weight excluding hydrogens is 408 g/mol. The third-order valence-electron chi connectivity index (χ3n) is 5.97. The van der Waals surface area contributed by atoms with Crippen molar-refractivity contribution < 1.29 is 5.11 Å². The summed E-state index contributed by atoms with van der Waals surface area (Å²) >= 11 is 0. The summed E-state index contributed by atoms with van der Waals surface area (Å²) in [6.07, 6.45) is 1.37. The molecule has 4 rings (SSSR count). The Kier molecular flexibility index (Phi) is 7.86. The van der Waals surface area contributed by atoms with Gasteiger partial charge in [0.1, 0.15) is 5.82 Å². The zero-order chi connectivity index (χ0) is 20.9. The topological polar surface area (TPSA) is 63.4 Å². The fraction of sp³-hybridized carbons (Fsp3) is 0.360. The molecule has 1 saturated heterocycles. The highest BCUT2D eigenvalue weighted by Gasteiger charge is 2.20. The normalized spacial score (nSPS) is 14.3. The van der Waals surface area contributed by atoms with E-state index in [0.717, 1.165) is 55.4 Å². The number of pyridine rings is 1. The zero-order valence-corrected chi connectivity index (χ0v) is 18.7. The van der Waals surface area contributed by atoms with Crippen LogP contribution in [0.15, 0.2) is 48.5 Å². The summed E-state index contributed by atoms with van der Waals surface area (Å²) in [5.74, 6) is 1.03. The molecule has 3 aromatic rings. The molecule has 2 heterocycles. The third kappa shape index (κ3) is 4.99. The number of hydrogen-bond donors (Lipinski definition) is 1. The maximum absolute atomic E-state index is 9.62. The van der Waals surface area contributed by atoms with Crippen molar-refractivity contribution in [2.45, 2.75) is 19.8 Å². The van der Waals surface area contributed by atoms with Crippen LogP contribution in [-0.2, 0) is 6.42 Å². The molecule has 0 atom stereocenters. The van der Waals surface area contributed by atoms with Crippen LogP contribution in [0.3, 0.4) is 0 Å². The van der Waals surface area contributed by atoms with E-state index in [-0.39, 0.29) is 19.0 Å². The average molecular weight is 437 g/mol. The SMILES string of the molecule is CCN1CCN(c2nc(-c3ccc(CCCO)c(C#N)c3)cc3ccccc23)CC1.Cl. The molecule has 1 aromatic heterocycles. The van der Waals surface area contributed by atoms with E-state index in [0.29, 0.717) is 18.4 Å². The minimum atomic E-state index is 0. The lowest BCUT2D eigenvalue weighted by atomic mass is 9.98. The van der Waals surface area contributed by atoms with Gasteiger partial charge in [-0.2, -0.15) is 5.26 Å². The Balaban J connectivity index is 0.00000272. The highest BCUT2D eigenvalue weighted by molar-refractivity contribution is 5.95. The molecule has 0 unspecified atom stereocenters. The Labute approximate surface area is 190 Å². The molecule has 2 aromatic carbocycles. The summed E-state index contributed by atoms with van der Waals surface area (Å²) in [4.78, 5) is 9.92. The lowest BCUT2D eigenvalue weighted by Gasteiger charge is -2.35. The number of nitriles is 1. The number of hydrogen-bond acceptors (Lipinski definition) is 5. The number of anilines is 1. The van der Waals surface area contributed by atoms with Crippen molar-refractivity contribution in [1.82, 2.24) is 9.88 Å². The number of likely N-dealkylation sites (N-methyl/N-ethyl adjacent to an activating group) is 1. The van der Waals surface area contributed by atoms with Gasteiger partial charge in [-0.15, -0.1) is 12.4 Å². The largest absolute Gasteiger partial charge is 0.396 e. The molecule has 0 aliphatic carbocycles. The lowest BCUT2D eigenvalue weighted by Crippen LogP contribution is -2.46. The molecule has 0 spiro atoms. The molecule has 6 heteroatoms. The molecule has 31 heavy (non-hydrogen) atoms. The van der Waals surface area contributed by atoms with Crippen molar-refractivity contribution >= 4 is 29.0 Å². The zero-order valence-electron chi connectivity index (χ0n) is 17.9. The second-order valence-corrected chi connectivity index (χ2v) is 7.78. The van der Waals surface area contributed by atoms with Gasteiger partial charge >= 0.3 is 0 Å². The first-order valence-electron chi connectivity index (χ1n) is 10.7. The van der Waals surface area contributed by atoms with E-state index in [1.165, 1.54) is 10.8 Å². The number of fused-ring (bicyclic) bond motifs is 1. The number of aromatic nitrogens is 1. The third-order valence-corrected chi connectivity index (χ3v) is 5.97. The first-order chi connectivity index (χ1) is 14.7. The van der Waals surface area contributed by atoms with Crippen LogP contribution in [0.5, 0.6) is 0 Å². The fourth-order valence-corrected chi connectivity index (χ4v) is 4.17. The Morgan fingerprint density at radius 1 is 1.06 bits per heavy atom. The number of benzene rings is 2. The number of aliphatic hydroxyl groups is 1. The molecular formula is C25H29ClN4O. The van der Waals surface area contributed by atoms with Crippen molar-refractivity contribution in [3.63, 3.8) is 0 Å². The highest BCUT2D eigenvalue weighted by atomic mass is 35.5. The maximum Gasteiger partial charge on any atom is 0.137 e. The minimum Gasteiger partial charge on any atom is -0.396 e. The first-order valence-corrected chi connectivity index (χ1v) is 10.7. The molecule has 1 aliphatic heterocycles. The van der Waals surface area contributed by atoms with Crippen molar-refractivity contribution in [2.75, 3.05) is 44.2 Å². The first kappa shape index (κ1) is 23.0. The summed E-state index contributed by atoms with van der Waals surface area (Å²) in [5.41, 5.74) is 3.49. The van der Waals surface area contributed by atoms with E-state index >= 15 is 0 Å². The average Bonchev–Trinajstić information content (AvgIpc) is 2.82. The summed E-state index contributed by atoms with van der Waals surface area (Å²) < 4.78 is 0. The predicted molar refractivity (Wildman–Crippen MR) is 129 cm³/mol. The van der Waals surface area contributed by atoms with Gasteiger partial charge in [-0.05, 0) is 42.5 Å². The molecule has 0 saturated carbocycles. The summed E-state index contributed by atoms with van der Waals surface area (Å²) in [6, 6.07) is 18.8. The number of aliphatic hydroxyl groups excluding tert-OH is 1. The van der Waals surface area contributed by atoms with Crippen LogP contribution in [-0.4, -0.2) is 54.3 Å². The Bertz CT molecular complexity index is 1070. The highest BCUT2D eigenvalue weighted by Crippen LogP contribution is 2.31. The van der Waals surface area contributed by atoms with Crippen LogP contribution in [0, 0.1) is 11.3 Å². The summed E-state index contributed by atoms with van der Waals surface area (Å²) in [6.45, 7) is 7.47. The Morgan fingerprint density at radius 3 is 2.55 bits per heavy atom. The number of halogens is 1. The van der Waals surface area contributed by atoms with Crippen molar-refractivity contribution in [2.24, 2.45) is 0 Å².